The molecule has 0 saturated heterocycles. The number of ether oxygens (including phenoxy) is 5. The smallest absolute Gasteiger partial charge is 0.344 e. The first-order valence-electron chi connectivity index (χ1n) is 12.7. The van der Waals surface area contributed by atoms with Crippen molar-refractivity contribution in [3.05, 3.63) is 94.1 Å². The highest BCUT2D eigenvalue weighted by Crippen LogP contribution is 2.51. The Morgan fingerprint density at radius 1 is 0.951 bits per heavy atom. The number of methoxy groups -OCH3 is 2. The zero-order valence-electron chi connectivity index (χ0n) is 21.8. The van der Waals surface area contributed by atoms with Crippen LogP contribution in [0.2, 0.25) is 0 Å². The van der Waals surface area contributed by atoms with Gasteiger partial charge < -0.3 is 28.1 Å². The van der Waals surface area contributed by atoms with Gasteiger partial charge in [-0.05, 0) is 36.4 Å². The molecule has 8 rings (SSSR count). The van der Waals surface area contributed by atoms with Crippen LogP contribution in [0.4, 0.5) is 0 Å². The Kier molecular flexibility index (Phi) is 4.96. The molecule has 0 saturated carbocycles. The fourth-order valence-corrected chi connectivity index (χ4v) is 5.46. The van der Waals surface area contributed by atoms with Crippen LogP contribution in [0.5, 0.6) is 34.6 Å². The molecule has 0 amide bonds. The maximum atomic E-state index is 13.7. The Hall–Kier alpha value is -5.58. The molecule has 0 aliphatic carbocycles. The highest BCUT2D eigenvalue weighted by molar-refractivity contribution is 5.87. The number of benzene rings is 3. The molecular weight excluding hydrogens is 528 g/mol. The van der Waals surface area contributed by atoms with Gasteiger partial charge in [-0.1, -0.05) is 18.2 Å². The first-order valence-corrected chi connectivity index (χ1v) is 12.7. The molecule has 0 N–H and O–H groups in total. The molecule has 5 heterocycles. The molecule has 0 bridgehead atoms. The van der Waals surface area contributed by atoms with Gasteiger partial charge in [0, 0.05) is 17.2 Å². The first kappa shape index (κ1) is 23.3. The topological polar surface area (TPSA) is 119 Å². The lowest BCUT2D eigenvalue weighted by atomic mass is 9.83. The molecule has 3 aromatic carbocycles. The van der Waals surface area contributed by atoms with E-state index in [9.17, 15) is 4.79 Å². The van der Waals surface area contributed by atoms with Crippen LogP contribution in [0.25, 0.3) is 28.0 Å². The van der Waals surface area contributed by atoms with Crippen LogP contribution in [0.3, 0.4) is 0 Å². The van der Waals surface area contributed by atoms with Crippen molar-refractivity contribution in [1.82, 2.24) is 19.6 Å². The standard InChI is InChI=1S/C30H20N4O7/c1-36-16-8-9-17(21(12-16)37-2)23-24-26(18-5-3-4-6-19(18)40-30(24)35)41-29-25(23)28-32-27(33-34(28)13-31-29)15-7-10-20-22(11-15)39-14-38-20/h3-13,23H,14H2,1-2H3. The number of rotatable bonds is 4. The van der Waals surface area contributed by atoms with Gasteiger partial charge in [-0.25, -0.2) is 19.3 Å². The van der Waals surface area contributed by atoms with E-state index >= 15 is 0 Å². The quantitative estimate of drug-likeness (QED) is 0.280. The van der Waals surface area contributed by atoms with E-state index in [1.807, 2.05) is 42.5 Å². The van der Waals surface area contributed by atoms with Gasteiger partial charge in [-0.2, -0.15) is 0 Å². The third kappa shape index (κ3) is 3.45. The average molecular weight is 549 g/mol. The highest BCUT2D eigenvalue weighted by Gasteiger charge is 2.39. The van der Waals surface area contributed by atoms with E-state index in [2.05, 4.69) is 10.1 Å². The van der Waals surface area contributed by atoms with E-state index in [0.717, 1.165) is 5.56 Å². The van der Waals surface area contributed by atoms with Crippen molar-refractivity contribution < 1.29 is 28.1 Å². The van der Waals surface area contributed by atoms with Crippen LogP contribution in [-0.4, -0.2) is 40.6 Å². The maximum Gasteiger partial charge on any atom is 0.344 e. The van der Waals surface area contributed by atoms with E-state index in [0.29, 0.717) is 73.8 Å². The van der Waals surface area contributed by atoms with Crippen LogP contribution in [-0.2, 0) is 0 Å². The summed E-state index contributed by atoms with van der Waals surface area (Å²) in [5, 5.41) is 5.33. The van der Waals surface area contributed by atoms with Gasteiger partial charge in [-0.15, -0.1) is 5.10 Å². The summed E-state index contributed by atoms with van der Waals surface area (Å²) in [4.78, 5) is 23.2. The number of fused-ring (bicyclic) bond motifs is 7. The molecule has 2 aliphatic rings. The van der Waals surface area contributed by atoms with E-state index in [1.54, 1.807) is 43.3 Å². The molecule has 41 heavy (non-hydrogen) atoms. The van der Waals surface area contributed by atoms with Crippen molar-refractivity contribution in [2.24, 2.45) is 0 Å². The van der Waals surface area contributed by atoms with E-state index in [-0.39, 0.29) is 6.79 Å². The molecule has 11 heteroatoms. The van der Waals surface area contributed by atoms with Crippen molar-refractivity contribution in [3.8, 4) is 46.0 Å². The summed E-state index contributed by atoms with van der Waals surface area (Å²) >= 11 is 0. The third-order valence-corrected chi connectivity index (χ3v) is 7.34. The predicted molar refractivity (Wildman–Crippen MR) is 145 cm³/mol. The number of hydrogen-bond donors (Lipinski definition) is 0. The predicted octanol–water partition coefficient (Wildman–Crippen LogP) is 4.93. The molecule has 2 aliphatic heterocycles. The molecule has 0 spiro atoms. The Balaban J connectivity index is 1.41. The number of para-hydroxylation sites is 1. The summed E-state index contributed by atoms with van der Waals surface area (Å²) in [5.41, 5.74) is 2.60. The lowest BCUT2D eigenvalue weighted by molar-refractivity contribution is 0.174. The SMILES string of the molecule is COc1ccc(C2c3c(c4ccccc4oc3=O)Oc3ncn4nc(-c5ccc6c(c5)OCO6)nc4c32)c(OC)c1. The van der Waals surface area contributed by atoms with Crippen LogP contribution in [0.15, 0.2) is 76.2 Å². The Bertz CT molecular complexity index is 2080. The first-order chi connectivity index (χ1) is 20.1. The zero-order valence-corrected chi connectivity index (χ0v) is 21.8. The molecule has 0 fully saturated rings. The minimum Gasteiger partial charge on any atom is -0.497 e. The summed E-state index contributed by atoms with van der Waals surface area (Å²) in [5.74, 6) is 2.80. The summed E-state index contributed by atoms with van der Waals surface area (Å²) in [7, 11) is 3.14. The van der Waals surface area contributed by atoms with Crippen LogP contribution in [0.1, 0.15) is 22.6 Å². The Labute approximate surface area is 231 Å². The lowest BCUT2D eigenvalue weighted by Gasteiger charge is -2.28. The van der Waals surface area contributed by atoms with Gasteiger partial charge in [0.05, 0.1) is 36.7 Å². The molecular formula is C30H20N4O7. The van der Waals surface area contributed by atoms with Gasteiger partial charge in [-0.3, -0.25) is 0 Å². The Morgan fingerprint density at radius 2 is 1.83 bits per heavy atom. The molecule has 11 nitrogen and oxygen atoms in total. The summed E-state index contributed by atoms with van der Waals surface area (Å²) in [6.07, 6.45) is 1.54. The number of hydrogen-bond acceptors (Lipinski definition) is 10. The second kappa shape index (κ2) is 8.71. The minimum absolute atomic E-state index is 0.161. The van der Waals surface area contributed by atoms with Crippen molar-refractivity contribution in [2.45, 2.75) is 5.92 Å². The van der Waals surface area contributed by atoms with E-state index < -0.39 is 11.5 Å². The van der Waals surface area contributed by atoms with Crippen molar-refractivity contribution in [3.63, 3.8) is 0 Å². The van der Waals surface area contributed by atoms with Gasteiger partial charge in [0.15, 0.2) is 28.7 Å². The fourth-order valence-electron chi connectivity index (χ4n) is 5.46. The molecule has 6 aromatic rings. The van der Waals surface area contributed by atoms with Gasteiger partial charge >= 0.3 is 5.63 Å². The normalized spacial score (nSPS) is 14.9. The largest absolute Gasteiger partial charge is 0.497 e. The monoisotopic (exact) mass is 548 g/mol. The third-order valence-electron chi connectivity index (χ3n) is 7.34. The summed E-state index contributed by atoms with van der Waals surface area (Å²) < 4.78 is 35.9. The van der Waals surface area contributed by atoms with E-state index in [1.165, 1.54) is 0 Å². The summed E-state index contributed by atoms with van der Waals surface area (Å²) in [6, 6.07) is 18.2. The maximum absolute atomic E-state index is 13.7. The van der Waals surface area contributed by atoms with Crippen LogP contribution in [0, 0.1) is 0 Å². The zero-order chi connectivity index (χ0) is 27.7. The van der Waals surface area contributed by atoms with Crippen molar-refractivity contribution >= 4 is 16.6 Å². The second-order valence-electron chi connectivity index (χ2n) is 9.51. The molecule has 0 radical (unpaired) electrons. The lowest BCUT2D eigenvalue weighted by Crippen LogP contribution is -2.22. The van der Waals surface area contributed by atoms with Gasteiger partial charge in [0.1, 0.15) is 23.4 Å². The fraction of sp³-hybridized carbons (Fsp3) is 0.133. The number of nitrogens with zero attached hydrogens (tertiary/aromatic N) is 4. The van der Waals surface area contributed by atoms with Crippen molar-refractivity contribution in [1.29, 1.82) is 0 Å². The van der Waals surface area contributed by atoms with Crippen molar-refractivity contribution in [2.75, 3.05) is 21.0 Å². The minimum atomic E-state index is -0.708. The molecule has 1 atom stereocenters. The van der Waals surface area contributed by atoms with Gasteiger partial charge in [0.2, 0.25) is 12.7 Å². The van der Waals surface area contributed by atoms with Crippen LogP contribution >= 0.6 is 0 Å². The van der Waals surface area contributed by atoms with Crippen LogP contribution < -0.4 is 29.3 Å². The average Bonchev–Trinajstić information content (AvgIpc) is 3.67. The molecule has 1 unspecified atom stereocenters. The Morgan fingerprint density at radius 3 is 2.71 bits per heavy atom. The second-order valence-corrected chi connectivity index (χ2v) is 9.51. The van der Waals surface area contributed by atoms with E-state index in [4.69, 9.17) is 33.1 Å². The summed E-state index contributed by atoms with van der Waals surface area (Å²) in [6.45, 7) is 0.161. The number of aromatic nitrogens is 4. The molecule has 3 aromatic heterocycles. The highest BCUT2D eigenvalue weighted by atomic mass is 16.7. The van der Waals surface area contributed by atoms with Gasteiger partial charge in [0.25, 0.3) is 0 Å². The molecule has 202 valence electrons.